The van der Waals surface area contributed by atoms with E-state index in [4.69, 9.17) is 17.3 Å². The van der Waals surface area contributed by atoms with Gasteiger partial charge in [-0.15, -0.1) is 10.2 Å². The number of hydrogen-bond donors (Lipinski definition) is 2. The van der Waals surface area contributed by atoms with Crippen molar-refractivity contribution in [3.8, 4) is 0 Å². The summed E-state index contributed by atoms with van der Waals surface area (Å²) >= 11 is 8.76. The number of anilines is 2. The fourth-order valence-electron chi connectivity index (χ4n) is 2.33. The number of nitrogens with two attached hydrogens (primary N) is 1. The number of carbonyl (C=O) groups is 1. The Morgan fingerprint density at radius 1 is 1.36 bits per heavy atom. The first-order valence-corrected chi connectivity index (χ1v) is 10.1. The minimum atomic E-state index is -0.710. The molecule has 1 amide bonds. The van der Waals surface area contributed by atoms with Crippen LogP contribution in [0.15, 0.2) is 40.7 Å². The molecule has 0 atom stereocenters. The van der Waals surface area contributed by atoms with Gasteiger partial charge < -0.3 is 11.1 Å². The maximum absolute atomic E-state index is 11.3. The highest BCUT2D eigenvalue weighted by molar-refractivity contribution is 8.00. The first-order chi connectivity index (χ1) is 13.3. The van der Waals surface area contributed by atoms with E-state index in [1.54, 1.807) is 6.07 Å². The van der Waals surface area contributed by atoms with Gasteiger partial charge in [-0.2, -0.15) is 0 Å². The van der Waals surface area contributed by atoms with Crippen molar-refractivity contribution in [1.29, 1.82) is 0 Å². The summed E-state index contributed by atoms with van der Waals surface area (Å²) in [5, 5.41) is 23.9. The summed E-state index contributed by atoms with van der Waals surface area (Å²) in [4.78, 5) is 22.0. The number of carbonyl (C=O) groups excluding carboxylic acids is 1. The number of primary amides is 1. The molecule has 1 aromatic heterocycles. The summed E-state index contributed by atoms with van der Waals surface area (Å²) in [5.74, 6) is -0.404. The van der Waals surface area contributed by atoms with Gasteiger partial charge in [-0.05, 0) is 30.7 Å². The summed E-state index contributed by atoms with van der Waals surface area (Å²) < 4.78 is 0.649. The fourth-order valence-corrected chi connectivity index (χ4v) is 4.26. The lowest BCUT2D eigenvalue weighted by atomic mass is 10.1. The lowest BCUT2D eigenvalue weighted by Gasteiger charge is -2.06. The standard InChI is InChI=1S/C17H14ClN5O3S2/c1-9-12(18)3-2-4-13(9)20-16-21-22-17(28-16)27-8-11-6-5-10(15(19)24)7-14(11)23(25)26/h2-7H,8H2,1H3,(H2,19,24)(H,20,21). The highest BCUT2D eigenvalue weighted by Crippen LogP contribution is 2.33. The highest BCUT2D eigenvalue weighted by Gasteiger charge is 2.17. The Hall–Kier alpha value is -2.69. The SMILES string of the molecule is Cc1c(Cl)cccc1Nc1nnc(SCc2ccc(C(N)=O)cc2[N+](=O)[O-])s1. The van der Waals surface area contributed by atoms with E-state index in [0.717, 1.165) is 11.3 Å². The van der Waals surface area contributed by atoms with Crippen LogP contribution in [0.4, 0.5) is 16.5 Å². The zero-order valence-electron chi connectivity index (χ0n) is 14.5. The third-order valence-electron chi connectivity index (χ3n) is 3.83. The number of hydrogen-bond acceptors (Lipinski definition) is 8. The Balaban J connectivity index is 1.72. The summed E-state index contributed by atoms with van der Waals surface area (Å²) in [6, 6.07) is 9.72. The van der Waals surface area contributed by atoms with Crippen molar-refractivity contribution in [2.45, 2.75) is 17.0 Å². The van der Waals surface area contributed by atoms with Gasteiger partial charge in [-0.3, -0.25) is 14.9 Å². The Morgan fingerprint density at radius 3 is 2.86 bits per heavy atom. The van der Waals surface area contributed by atoms with Gasteiger partial charge in [0.2, 0.25) is 11.0 Å². The van der Waals surface area contributed by atoms with Gasteiger partial charge in [0.25, 0.3) is 5.69 Å². The average Bonchev–Trinajstić information content (AvgIpc) is 3.11. The number of nitrogens with zero attached hydrogens (tertiary/aromatic N) is 3. The quantitative estimate of drug-likeness (QED) is 0.317. The summed E-state index contributed by atoms with van der Waals surface area (Å²) in [5.41, 5.74) is 7.33. The zero-order valence-corrected chi connectivity index (χ0v) is 16.9. The van der Waals surface area contributed by atoms with Gasteiger partial charge >= 0.3 is 0 Å². The van der Waals surface area contributed by atoms with Crippen molar-refractivity contribution < 1.29 is 9.72 Å². The van der Waals surface area contributed by atoms with Crippen molar-refractivity contribution in [2.75, 3.05) is 5.32 Å². The molecule has 3 N–H and O–H groups in total. The second kappa shape index (κ2) is 8.55. The minimum Gasteiger partial charge on any atom is -0.366 e. The molecule has 11 heteroatoms. The molecule has 1 heterocycles. The van der Waals surface area contributed by atoms with Crippen LogP contribution in [-0.4, -0.2) is 21.0 Å². The Labute approximate surface area is 173 Å². The van der Waals surface area contributed by atoms with Crippen molar-refractivity contribution in [3.05, 3.63) is 68.2 Å². The summed E-state index contributed by atoms with van der Waals surface area (Å²) in [6.07, 6.45) is 0. The van der Waals surface area contributed by atoms with E-state index in [2.05, 4.69) is 15.5 Å². The maximum Gasteiger partial charge on any atom is 0.274 e. The molecular formula is C17H14ClN5O3S2. The number of nitro benzene ring substituents is 1. The first-order valence-electron chi connectivity index (χ1n) is 7.90. The first kappa shape index (κ1) is 20.1. The van der Waals surface area contributed by atoms with Crippen molar-refractivity contribution in [2.24, 2.45) is 5.73 Å². The van der Waals surface area contributed by atoms with Crippen molar-refractivity contribution in [3.63, 3.8) is 0 Å². The maximum atomic E-state index is 11.3. The van der Waals surface area contributed by atoms with Crippen LogP contribution in [0.25, 0.3) is 0 Å². The smallest absolute Gasteiger partial charge is 0.274 e. The number of nitrogens with one attached hydrogen (secondary N) is 1. The predicted octanol–water partition coefficient (Wildman–Crippen LogP) is 4.54. The van der Waals surface area contributed by atoms with Crippen LogP contribution < -0.4 is 11.1 Å². The van der Waals surface area contributed by atoms with E-state index in [0.29, 0.717) is 25.8 Å². The molecule has 0 fully saturated rings. The molecule has 8 nitrogen and oxygen atoms in total. The van der Waals surface area contributed by atoms with Gasteiger partial charge in [0, 0.05) is 33.7 Å². The van der Waals surface area contributed by atoms with Crippen LogP contribution in [0.3, 0.4) is 0 Å². The zero-order chi connectivity index (χ0) is 20.3. The van der Waals surface area contributed by atoms with Gasteiger partial charge in [-0.25, -0.2) is 0 Å². The molecule has 0 aliphatic heterocycles. The lowest BCUT2D eigenvalue weighted by Crippen LogP contribution is -2.11. The number of nitro groups is 1. The molecule has 0 unspecified atom stereocenters. The molecule has 0 radical (unpaired) electrons. The van der Waals surface area contributed by atoms with Crippen LogP contribution >= 0.6 is 34.7 Å². The number of halogens is 1. The highest BCUT2D eigenvalue weighted by atomic mass is 35.5. The second-order valence-corrected chi connectivity index (χ2v) is 8.27. The molecular weight excluding hydrogens is 422 g/mol. The van der Waals surface area contributed by atoms with E-state index in [1.165, 1.54) is 41.3 Å². The Morgan fingerprint density at radius 2 is 2.14 bits per heavy atom. The second-order valence-electron chi connectivity index (χ2n) is 5.66. The number of benzene rings is 2. The van der Waals surface area contributed by atoms with Crippen LogP contribution in [0.1, 0.15) is 21.5 Å². The van der Waals surface area contributed by atoms with Gasteiger partial charge in [0.15, 0.2) is 4.34 Å². The average molecular weight is 436 g/mol. The van der Waals surface area contributed by atoms with E-state index >= 15 is 0 Å². The van der Waals surface area contributed by atoms with Crippen LogP contribution in [0, 0.1) is 17.0 Å². The lowest BCUT2D eigenvalue weighted by molar-refractivity contribution is -0.385. The van der Waals surface area contributed by atoms with Crippen molar-refractivity contribution in [1.82, 2.24) is 10.2 Å². The van der Waals surface area contributed by atoms with E-state index in [1.807, 2.05) is 19.1 Å². The van der Waals surface area contributed by atoms with Gasteiger partial charge in [-0.1, -0.05) is 46.8 Å². The molecule has 2 aromatic carbocycles. The largest absolute Gasteiger partial charge is 0.366 e. The summed E-state index contributed by atoms with van der Waals surface area (Å²) in [6.45, 7) is 1.90. The molecule has 144 valence electrons. The third kappa shape index (κ3) is 4.58. The van der Waals surface area contributed by atoms with Gasteiger partial charge in [0.05, 0.1) is 4.92 Å². The molecule has 0 aliphatic carbocycles. The number of amides is 1. The van der Waals surface area contributed by atoms with Crippen LogP contribution in [0.2, 0.25) is 5.02 Å². The third-order valence-corrected chi connectivity index (χ3v) is 6.26. The van der Waals surface area contributed by atoms with Gasteiger partial charge in [0.1, 0.15) is 0 Å². The van der Waals surface area contributed by atoms with Crippen LogP contribution in [0.5, 0.6) is 0 Å². The molecule has 28 heavy (non-hydrogen) atoms. The Bertz CT molecular complexity index is 1060. The van der Waals surface area contributed by atoms with E-state index < -0.39 is 10.8 Å². The topological polar surface area (TPSA) is 124 Å². The number of rotatable bonds is 7. The number of aromatic nitrogens is 2. The molecule has 0 aliphatic rings. The Kier molecular flexibility index (Phi) is 6.12. The monoisotopic (exact) mass is 435 g/mol. The summed E-state index contributed by atoms with van der Waals surface area (Å²) in [7, 11) is 0. The van der Waals surface area contributed by atoms with Crippen molar-refractivity contribution >= 4 is 57.1 Å². The molecule has 0 saturated heterocycles. The molecule has 3 aromatic rings. The molecule has 0 bridgehead atoms. The molecule has 0 saturated carbocycles. The fraction of sp³-hybridized carbons (Fsp3) is 0.118. The van der Waals surface area contributed by atoms with E-state index in [9.17, 15) is 14.9 Å². The normalized spacial score (nSPS) is 10.6. The molecule has 3 rings (SSSR count). The minimum absolute atomic E-state index is 0.0970. The van der Waals surface area contributed by atoms with E-state index in [-0.39, 0.29) is 11.3 Å². The number of thioether (sulfide) groups is 1. The molecule has 0 spiro atoms. The van der Waals surface area contributed by atoms with Crippen LogP contribution in [-0.2, 0) is 5.75 Å². The predicted molar refractivity (Wildman–Crippen MR) is 111 cm³/mol.